The molecule has 12 aromatic rings. The van der Waals surface area contributed by atoms with Crippen LogP contribution in [0.15, 0.2) is 176 Å². The maximum Gasteiger partial charge on any atom is 0.164 e. The summed E-state index contributed by atoms with van der Waals surface area (Å²) in [4.78, 5) is 15.4. The first-order valence-electron chi connectivity index (χ1n) is 18.3. The Balaban J connectivity index is 1.31. The van der Waals surface area contributed by atoms with Crippen molar-refractivity contribution in [3.05, 3.63) is 176 Å². The summed E-state index contributed by atoms with van der Waals surface area (Å²) in [6, 6.07) is 62.6. The van der Waals surface area contributed by atoms with Gasteiger partial charge in [0.1, 0.15) is 0 Å². The smallest absolute Gasteiger partial charge is 0.164 e. The van der Waals surface area contributed by atoms with E-state index in [1.165, 1.54) is 54.4 Å². The standard InChI is InChI=1S/C49H29N5/c1-3-14-30(15-4-1)47-50-48(31-16-5-2-6-17-31)52-49(51-47)38-24-13-26-41-44(38)37-23-11-21-36-39-28-32-18-7-8-19-33(32)29-43(39)53-40-25-10-9-20-34(40)35-22-12-27-42(46(35)53)54(41)45(36)37/h1-29H. The van der Waals surface area contributed by atoms with E-state index < -0.39 is 0 Å². The van der Waals surface area contributed by atoms with Gasteiger partial charge >= 0.3 is 0 Å². The van der Waals surface area contributed by atoms with Gasteiger partial charge in [-0.1, -0.05) is 146 Å². The van der Waals surface area contributed by atoms with Gasteiger partial charge in [-0.25, -0.2) is 15.0 Å². The first-order chi connectivity index (χ1) is 26.8. The molecule has 5 heteroatoms. The van der Waals surface area contributed by atoms with E-state index in [-0.39, 0.29) is 0 Å². The molecule has 0 fully saturated rings. The molecule has 0 amide bonds. The van der Waals surface area contributed by atoms with Gasteiger partial charge in [0.25, 0.3) is 0 Å². The largest absolute Gasteiger partial charge is 0.307 e. The van der Waals surface area contributed by atoms with Crippen LogP contribution in [0.1, 0.15) is 0 Å². The molecule has 5 nitrogen and oxygen atoms in total. The van der Waals surface area contributed by atoms with Crippen molar-refractivity contribution in [1.82, 2.24) is 23.8 Å². The third-order valence-corrected chi connectivity index (χ3v) is 11.1. The summed E-state index contributed by atoms with van der Waals surface area (Å²) < 4.78 is 4.97. The summed E-state index contributed by atoms with van der Waals surface area (Å²) in [6.07, 6.45) is 0. The number of rotatable bonds is 3. The van der Waals surface area contributed by atoms with Crippen molar-refractivity contribution >= 4 is 76.2 Å². The fourth-order valence-electron chi connectivity index (χ4n) is 8.76. The molecule has 0 unspecified atom stereocenters. The molecule has 8 aromatic carbocycles. The van der Waals surface area contributed by atoms with Gasteiger partial charge in [-0.2, -0.15) is 0 Å². The normalized spacial score (nSPS) is 12.1. The molecule has 250 valence electrons. The van der Waals surface area contributed by atoms with Crippen molar-refractivity contribution in [2.75, 3.05) is 0 Å². The molecule has 0 atom stereocenters. The fraction of sp³-hybridized carbons (Fsp3) is 0. The average Bonchev–Trinajstić information content (AvgIpc) is 3.76. The van der Waals surface area contributed by atoms with Crippen LogP contribution in [0.2, 0.25) is 0 Å². The van der Waals surface area contributed by atoms with E-state index in [0.717, 1.165) is 38.5 Å². The average molecular weight is 688 g/mol. The molecule has 0 bridgehead atoms. The molecule has 4 aromatic heterocycles. The number of benzene rings is 8. The quantitative estimate of drug-likeness (QED) is 0.186. The summed E-state index contributed by atoms with van der Waals surface area (Å²) in [5.41, 5.74) is 9.83. The molecule has 0 radical (unpaired) electrons. The Bertz CT molecular complexity index is 3430. The second kappa shape index (κ2) is 11.1. The van der Waals surface area contributed by atoms with Crippen LogP contribution < -0.4 is 0 Å². The van der Waals surface area contributed by atoms with Crippen molar-refractivity contribution in [2.45, 2.75) is 0 Å². The van der Waals surface area contributed by atoms with Gasteiger partial charge in [-0.15, -0.1) is 0 Å². The van der Waals surface area contributed by atoms with Gasteiger partial charge in [0.2, 0.25) is 0 Å². The van der Waals surface area contributed by atoms with Gasteiger partial charge in [-0.05, 0) is 41.1 Å². The number of nitrogens with zero attached hydrogens (tertiary/aromatic N) is 5. The second-order valence-electron chi connectivity index (χ2n) is 14.0. The molecular weight excluding hydrogens is 659 g/mol. The van der Waals surface area contributed by atoms with Crippen molar-refractivity contribution in [3.8, 4) is 34.2 Å². The Kier molecular flexibility index (Phi) is 5.99. The Morgan fingerprint density at radius 3 is 1.59 bits per heavy atom. The first kappa shape index (κ1) is 29.2. The highest BCUT2D eigenvalue weighted by atomic mass is 15.0. The minimum absolute atomic E-state index is 0.645. The Morgan fingerprint density at radius 2 is 0.833 bits per heavy atom. The van der Waals surface area contributed by atoms with Crippen molar-refractivity contribution in [2.24, 2.45) is 0 Å². The predicted octanol–water partition coefficient (Wildman–Crippen LogP) is 12.3. The number of hydrogen-bond acceptors (Lipinski definition) is 3. The minimum Gasteiger partial charge on any atom is -0.307 e. The molecule has 0 saturated carbocycles. The molecule has 0 aliphatic heterocycles. The molecule has 0 aliphatic rings. The number of aromatic nitrogens is 5. The Hall–Kier alpha value is -7.37. The Labute approximate surface area is 309 Å². The monoisotopic (exact) mass is 687 g/mol. The topological polar surface area (TPSA) is 47.5 Å². The molecule has 0 N–H and O–H groups in total. The molecule has 54 heavy (non-hydrogen) atoms. The summed E-state index contributed by atoms with van der Waals surface area (Å²) in [5.74, 6) is 1.94. The van der Waals surface area contributed by atoms with Crippen molar-refractivity contribution in [1.29, 1.82) is 0 Å². The van der Waals surface area contributed by atoms with Gasteiger partial charge in [0, 0.05) is 49.0 Å². The van der Waals surface area contributed by atoms with Gasteiger partial charge in [0.05, 0.1) is 33.1 Å². The van der Waals surface area contributed by atoms with Crippen molar-refractivity contribution < 1.29 is 0 Å². The van der Waals surface area contributed by atoms with Crippen molar-refractivity contribution in [3.63, 3.8) is 0 Å². The lowest BCUT2D eigenvalue weighted by Crippen LogP contribution is -2.00. The van der Waals surface area contributed by atoms with E-state index in [9.17, 15) is 0 Å². The lowest BCUT2D eigenvalue weighted by Gasteiger charge is -2.12. The lowest BCUT2D eigenvalue weighted by molar-refractivity contribution is 1.08. The van der Waals surface area contributed by atoms with Crippen LogP contribution in [0.5, 0.6) is 0 Å². The second-order valence-corrected chi connectivity index (χ2v) is 14.0. The lowest BCUT2D eigenvalue weighted by atomic mass is 10.0. The third-order valence-electron chi connectivity index (χ3n) is 11.1. The zero-order chi connectivity index (χ0) is 35.3. The predicted molar refractivity (Wildman–Crippen MR) is 223 cm³/mol. The molecule has 0 saturated heterocycles. The zero-order valence-electron chi connectivity index (χ0n) is 29.0. The van der Waals surface area contributed by atoms with Gasteiger partial charge in [0.15, 0.2) is 17.5 Å². The summed E-state index contributed by atoms with van der Waals surface area (Å²) in [5, 5.41) is 9.54. The molecule has 12 rings (SSSR count). The summed E-state index contributed by atoms with van der Waals surface area (Å²) in [6.45, 7) is 0. The van der Waals surface area contributed by atoms with Crippen LogP contribution in [-0.4, -0.2) is 23.8 Å². The zero-order valence-corrected chi connectivity index (χ0v) is 29.0. The highest BCUT2D eigenvalue weighted by Gasteiger charge is 2.22. The van der Waals surface area contributed by atoms with E-state index in [4.69, 9.17) is 15.0 Å². The molecular formula is C49H29N5. The number of para-hydroxylation sites is 3. The van der Waals surface area contributed by atoms with Crippen LogP contribution in [0.3, 0.4) is 0 Å². The van der Waals surface area contributed by atoms with E-state index >= 15 is 0 Å². The van der Waals surface area contributed by atoms with Crippen LogP contribution in [0, 0.1) is 0 Å². The van der Waals surface area contributed by atoms with E-state index in [1.54, 1.807) is 0 Å². The highest BCUT2D eigenvalue weighted by molar-refractivity contribution is 6.26. The van der Waals surface area contributed by atoms with Crippen LogP contribution >= 0.6 is 0 Å². The van der Waals surface area contributed by atoms with Crippen LogP contribution in [0.25, 0.3) is 110 Å². The molecule has 0 spiro atoms. The van der Waals surface area contributed by atoms with Crippen LogP contribution in [0.4, 0.5) is 0 Å². The fourth-order valence-corrected chi connectivity index (χ4v) is 8.76. The summed E-state index contributed by atoms with van der Waals surface area (Å²) in [7, 11) is 0. The first-order valence-corrected chi connectivity index (χ1v) is 18.3. The van der Waals surface area contributed by atoms with E-state index in [1.807, 2.05) is 36.4 Å². The summed E-state index contributed by atoms with van der Waals surface area (Å²) >= 11 is 0. The van der Waals surface area contributed by atoms with Gasteiger partial charge in [-0.3, -0.25) is 0 Å². The maximum atomic E-state index is 5.20. The number of fused-ring (bicyclic) bond motifs is 11. The number of hydrogen-bond donors (Lipinski definition) is 0. The van der Waals surface area contributed by atoms with Gasteiger partial charge < -0.3 is 8.80 Å². The maximum absolute atomic E-state index is 5.20. The minimum atomic E-state index is 0.645. The SMILES string of the molecule is c1ccc(-c2nc(-c3ccccc3)nc(-c3cccc4c3c3cccc5c6cc7ccccc7cc6n6c7ccccc7c7cccc(c76)n4c53)n2)cc1. The molecule has 4 heterocycles. The highest BCUT2D eigenvalue weighted by Crippen LogP contribution is 2.43. The van der Waals surface area contributed by atoms with E-state index in [0.29, 0.717) is 17.5 Å². The Morgan fingerprint density at radius 1 is 0.315 bits per heavy atom. The molecule has 0 aliphatic carbocycles. The third kappa shape index (κ3) is 4.06. The van der Waals surface area contributed by atoms with E-state index in [2.05, 4.69) is 148 Å². The van der Waals surface area contributed by atoms with Crippen LogP contribution in [-0.2, 0) is 0 Å².